The van der Waals surface area contributed by atoms with Crippen LogP contribution in [-0.2, 0) is 9.59 Å². The molecular formula is C10H10ClN3O3. The van der Waals surface area contributed by atoms with Crippen molar-refractivity contribution in [3.05, 3.63) is 16.8 Å². The molecule has 0 unspecified atom stereocenters. The minimum atomic E-state index is -1.06. The normalized spacial score (nSPS) is 18.0. The number of pyridine rings is 1. The number of aromatic nitrogens is 1. The Balaban J connectivity index is 2.34. The quantitative estimate of drug-likeness (QED) is 0.692. The first-order chi connectivity index (χ1) is 7.97. The molecule has 1 aromatic rings. The first-order valence-corrected chi connectivity index (χ1v) is 5.31. The van der Waals surface area contributed by atoms with Gasteiger partial charge in [0.05, 0.1) is 12.1 Å². The summed E-state index contributed by atoms with van der Waals surface area (Å²) < 4.78 is 0. The van der Waals surface area contributed by atoms with E-state index in [-0.39, 0.29) is 12.3 Å². The second-order valence-electron chi connectivity index (χ2n) is 3.77. The zero-order valence-corrected chi connectivity index (χ0v) is 9.71. The van der Waals surface area contributed by atoms with Gasteiger partial charge < -0.3 is 15.7 Å². The van der Waals surface area contributed by atoms with Gasteiger partial charge in [0.1, 0.15) is 11.2 Å². The molecule has 3 N–H and O–H groups in total. The monoisotopic (exact) mass is 255 g/mol. The summed E-state index contributed by atoms with van der Waals surface area (Å²) in [6.45, 7) is 1.78. The predicted octanol–water partition coefficient (Wildman–Crippen LogP) is 1.25. The first kappa shape index (κ1) is 11.7. The number of nitrogens with zero attached hydrogens (tertiary/aromatic N) is 1. The van der Waals surface area contributed by atoms with Crippen LogP contribution in [0, 0.1) is 6.92 Å². The zero-order chi connectivity index (χ0) is 12.6. The largest absolute Gasteiger partial charge is 0.481 e. The van der Waals surface area contributed by atoms with Crippen molar-refractivity contribution in [1.82, 2.24) is 4.98 Å². The van der Waals surface area contributed by atoms with Crippen LogP contribution in [0.2, 0.25) is 5.15 Å². The molecule has 2 heterocycles. The van der Waals surface area contributed by atoms with E-state index in [1.165, 1.54) is 0 Å². The summed E-state index contributed by atoms with van der Waals surface area (Å²) in [5, 5.41) is 14.4. The molecule has 0 aromatic carbocycles. The highest BCUT2D eigenvalue weighted by molar-refractivity contribution is 6.29. The van der Waals surface area contributed by atoms with Crippen LogP contribution in [0.1, 0.15) is 12.0 Å². The molecule has 1 aliphatic heterocycles. The van der Waals surface area contributed by atoms with Crippen molar-refractivity contribution in [2.45, 2.75) is 19.4 Å². The van der Waals surface area contributed by atoms with Crippen LogP contribution in [0.15, 0.2) is 6.07 Å². The Hall–Kier alpha value is -1.82. The average molecular weight is 256 g/mol. The topological polar surface area (TPSA) is 91.3 Å². The number of hydrogen-bond donors (Lipinski definition) is 3. The number of nitrogens with one attached hydrogen (secondary N) is 2. The van der Waals surface area contributed by atoms with E-state index in [0.29, 0.717) is 16.7 Å². The number of carbonyl (C=O) groups is 2. The summed E-state index contributed by atoms with van der Waals surface area (Å²) in [7, 11) is 0. The maximum absolute atomic E-state index is 11.6. The van der Waals surface area contributed by atoms with Gasteiger partial charge >= 0.3 is 5.97 Å². The van der Waals surface area contributed by atoms with Crippen molar-refractivity contribution >= 4 is 35.0 Å². The molecule has 90 valence electrons. The Morgan fingerprint density at radius 2 is 2.35 bits per heavy atom. The molecule has 0 fully saturated rings. The number of aryl methyl sites for hydroxylation is 1. The maximum Gasteiger partial charge on any atom is 0.305 e. The number of halogens is 1. The Labute approximate surface area is 102 Å². The Morgan fingerprint density at radius 3 is 3.00 bits per heavy atom. The molecule has 6 nitrogen and oxygen atoms in total. The number of carboxylic acids is 1. The van der Waals surface area contributed by atoms with Crippen LogP contribution < -0.4 is 10.6 Å². The number of carbonyl (C=O) groups excluding carboxylic acids is 1. The number of rotatable bonds is 2. The van der Waals surface area contributed by atoms with Crippen molar-refractivity contribution in [2.24, 2.45) is 0 Å². The lowest BCUT2D eigenvalue weighted by Gasteiger charge is -2.26. The Bertz CT molecular complexity index is 504. The van der Waals surface area contributed by atoms with Gasteiger partial charge in [0, 0.05) is 0 Å². The lowest BCUT2D eigenvalue weighted by molar-refractivity contribution is -0.138. The molecule has 0 radical (unpaired) electrons. The van der Waals surface area contributed by atoms with Gasteiger partial charge in [0.25, 0.3) is 0 Å². The van der Waals surface area contributed by atoms with E-state index in [2.05, 4.69) is 15.6 Å². The summed E-state index contributed by atoms with van der Waals surface area (Å²) in [5.74, 6) is -1.03. The van der Waals surface area contributed by atoms with Crippen molar-refractivity contribution < 1.29 is 14.7 Å². The van der Waals surface area contributed by atoms with E-state index in [0.717, 1.165) is 5.56 Å². The summed E-state index contributed by atoms with van der Waals surface area (Å²) in [4.78, 5) is 26.2. The first-order valence-electron chi connectivity index (χ1n) is 4.93. The van der Waals surface area contributed by atoms with Crippen molar-refractivity contribution in [2.75, 3.05) is 10.6 Å². The minimum absolute atomic E-state index is 0.291. The molecule has 1 atom stereocenters. The van der Waals surface area contributed by atoms with Crippen LogP contribution in [0.4, 0.5) is 11.5 Å². The van der Waals surface area contributed by atoms with Crippen LogP contribution >= 0.6 is 11.6 Å². The van der Waals surface area contributed by atoms with E-state index in [1.807, 2.05) is 0 Å². The predicted molar refractivity (Wildman–Crippen MR) is 62.3 cm³/mol. The lowest BCUT2D eigenvalue weighted by Crippen LogP contribution is -2.41. The Kier molecular flexibility index (Phi) is 2.89. The zero-order valence-electron chi connectivity index (χ0n) is 8.95. The van der Waals surface area contributed by atoms with Gasteiger partial charge in [0.15, 0.2) is 5.82 Å². The van der Waals surface area contributed by atoms with Crippen LogP contribution in [0.5, 0.6) is 0 Å². The highest BCUT2D eigenvalue weighted by Gasteiger charge is 2.29. The summed E-state index contributed by atoms with van der Waals surface area (Å²) in [6, 6.07) is 0.797. The highest BCUT2D eigenvalue weighted by atomic mass is 35.5. The summed E-state index contributed by atoms with van der Waals surface area (Å²) >= 11 is 5.79. The molecule has 0 spiro atoms. The van der Waals surface area contributed by atoms with Crippen LogP contribution in [0.3, 0.4) is 0 Å². The second kappa shape index (κ2) is 4.21. The fraction of sp³-hybridized carbons (Fsp3) is 0.300. The van der Waals surface area contributed by atoms with Gasteiger partial charge in [-0.25, -0.2) is 4.98 Å². The number of amides is 1. The van der Waals surface area contributed by atoms with Gasteiger partial charge in [0.2, 0.25) is 5.91 Å². The summed E-state index contributed by atoms with van der Waals surface area (Å²) in [6.07, 6.45) is -0.307. The smallest absolute Gasteiger partial charge is 0.305 e. The second-order valence-corrected chi connectivity index (χ2v) is 4.16. The van der Waals surface area contributed by atoms with Gasteiger partial charge in [-0.15, -0.1) is 0 Å². The molecule has 0 saturated carbocycles. The Morgan fingerprint density at radius 1 is 1.65 bits per heavy atom. The van der Waals surface area contributed by atoms with E-state index in [1.54, 1.807) is 13.0 Å². The number of anilines is 2. The standard InChI is InChI=1S/C10H10ClN3O3/c1-4-2-6(11)13-9-8(4)14-10(17)5(12-9)3-7(15)16/h2,5H,3H2,1H3,(H,12,13)(H,14,17)(H,15,16)/t5-/m0/s1. The van der Waals surface area contributed by atoms with Crippen LogP contribution in [0.25, 0.3) is 0 Å². The fourth-order valence-corrected chi connectivity index (χ4v) is 1.90. The van der Waals surface area contributed by atoms with E-state index in [4.69, 9.17) is 16.7 Å². The highest BCUT2D eigenvalue weighted by Crippen LogP contribution is 2.30. The molecular weight excluding hydrogens is 246 g/mol. The molecule has 0 bridgehead atoms. The average Bonchev–Trinajstić information content (AvgIpc) is 2.20. The molecule has 0 saturated heterocycles. The minimum Gasteiger partial charge on any atom is -0.481 e. The molecule has 1 aliphatic rings. The van der Waals surface area contributed by atoms with Crippen molar-refractivity contribution in [1.29, 1.82) is 0 Å². The number of fused-ring (bicyclic) bond motifs is 1. The number of hydrogen-bond acceptors (Lipinski definition) is 4. The lowest BCUT2D eigenvalue weighted by atomic mass is 10.1. The fourth-order valence-electron chi connectivity index (χ4n) is 1.65. The van der Waals surface area contributed by atoms with Crippen LogP contribution in [-0.4, -0.2) is 28.0 Å². The molecule has 7 heteroatoms. The van der Waals surface area contributed by atoms with Crippen molar-refractivity contribution in [3.63, 3.8) is 0 Å². The van der Waals surface area contributed by atoms with E-state index < -0.39 is 12.0 Å². The van der Waals surface area contributed by atoms with Gasteiger partial charge in [-0.3, -0.25) is 9.59 Å². The van der Waals surface area contributed by atoms with Gasteiger partial charge in [-0.2, -0.15) is 0 Å². The number of carboxylic acid groups (broad SMARTS) is 1. The van der Waals surface area contributed by atoms with Gasteiger partial charge in [-0.1, -0.05) is 11.6 Å². The molecule has 1 amide bonds. The third-order valence-electron chi connectivity index (χ3n) is 2.44. The summed E-state index contributed by atoms with van der Waals surface area (Å²) in [5.41, 5.74) is 1.32. The number of aliphatic carboxylic acids is 1. The van der Waals surface area contributed by atoms with E-state index >= 15 is 0 Å². The molecule has 0 aliphatic carbocycles. The molecule has 1 aromatic heterocycles. The maximum atomic E-state index is 11.6. The molecule has 17 heavy (non-hydrogen) atoms. The SMILES string of the molecule is Cc1cc(Cl)nc2c1NC(=O)[C@H](CC(=O)O)N2. The third kappa shape index (κ3) is 2.31. The third-order valence-corrected chi connectivity index (χ3v) is 2.63. The van der Waals surface area contributed by atoms with Crippen molar-refractivity contribution in [3.8, 4) is 0 Å². The van der Waals surface area contributed by atoms with Gasteiger partial charge in [-0.05, 0) is 18.6 Å². The molecule has 2 rings (SSSR count). The van der Waals surface area contributed by atoms with E-state index in [9.17, 15) is 9.59 Å².